The lowest BCUT2D eigenvalue weighted by Gasteiger charge is -2.04. The van der Waals surface area contributed by atoms with Crippen LogP contribution in [-0.4, -0.2) is 29.7 Å². The Bertz CT molecular complexity index is 1130. The van der Waals surface area contributed by atoms with Crippen molar-refractivity contribution in [3.05, 3.63) is 56.4 Å². The zero-order valence-corrected chi connectivity index (χ0v) is 17.4. The summed E-state index contributed by atoms with van der Waals surface area (Å²) in [6.45, 7) is 4.42. The van der Waals surface area contributed by atoms with E-state index >= 15 is 0 Å². The van der Waals surface area contributed by atoms with Gasteiger partial charge in [0.25, 0.3) is 5.89 Å². The maximum Gasteiger partial charge on any atom is 0.278 e. The summed E-state index contributed by atoms with van der Waals surface area (Å²) in [5.41, 5.74) is 3.17. The maximum atomic E-state index is 6.20. The molecule has 0 radical (unpaired) electrons. The number of hydrogen-bond donors (Lipinski definition) is 0. The molecule has 10 heteroatoms. The third kappa shape index (κ3) is 3.52. The monoisotopic (exact) mass is 466 g/mol. The van der Waals surface area contributed by atoms with E-state index in [0.29, 0.717) is 39.7 Å². The fourth-order valence-corrected chi connectivity index (χ4v) is 3.39. The van der Waals surface area contributed by atoms with E-state index in [-0.39, 0.29) is 0 Å². The Balaban J connectivity index is 1.59. The molecule has 4 rings (SSSR count). The number of benzene rings is 1. The van der Waals surface area contributed by atoms with Gasteiger partial charge in [-0.2, -0.15) is 15.2 Å². The van der Waals surface area contributed by atoms with Gasteiger partial charge in [-0.05, 0) is 54.0 Å². The van der Waals surface area contributed by atoms with E-state index in [9.17, 15) is 0 Å². The summed E-state index contributed by atoms with van der Waals surface area (Å²) in [5.74, 6) is 0.688. The number of rotatable bonds is 4. The van der Waals surface area contributed by atoms with Crippen LogP contribution >= 0.6 is 39.1 Å². The van der Waals surface area contributed by atoms with Gasteiger partial charge < -0.3 is 4.52 Å². The third-order valence-electron chi connectivity index (χ3n) is 4.03. The summed E-state index contributed by atoms with van der Waals surface area (Å²) in [6, 6.07) is 6.91. The van der Waals surface area contributed by atoms with Crippen LogP contribution < -0.4 is 0 Å². The van der Waals surface area contributed by atoms with Crippen molar-refractivity contribution < 1.29 is 4.52 Å². The summed E-state index contributed by atoms with van der Waals surface area (Å²) in [4.78, 5) is 4.39. The molecule has 4 aromatic rings. The van der Waals surface area contributed by atoms with Crippen LogP contribution in [0.1, 0.15) is 11.4 Å². The molecule has 0 fully saturated rings. The van der Waals surface area contributed by atoms with Gasteiger partial charge in [0.1, 0.15) is 6.67 Å². The zero-order chi connectivity index (χ0) is 19.1. The van der Waals surface area contributed by atoms with Crippen LogP contribution in [0.3, 0.4) is 0 Å². The minimum Gasteiger partial charge on any atom is -0.332 e. The average Bonchev–Trinajstić information content (AvgIpc) is 3.33. The predicted octanol–water partition coefficient (Wildman–Crippen LogP) is 4.99. The zero-order valence-electron chi connectivity index (χ0n) is 14.3. The number of aromatic nitrogens is 6. The molecular formula is C17H13BrCl2N6O. The Morgan fingerprint density at radius 2 is 1.96 bits per heavy atom. The molecule has 0 N–H and O–H groups in total. The smallest absolute Gasteiger partial charge is 0.278 e. The summed E-state index contributed by atoms with van der Waals surface area (Å²) < 4.78 is 9.95. The number of hydrogen-bond acceptors (Lipinski definition) is 5. The van der Waals surface area contributed by atoms with E-state index < -0.39 is 0 Å². The van der Waals surface area contributed by atoms with Gasteiger partial charge in [-0.25, -0.2) is 4.68 Å². The molecule has 0 spiro atoms. The van der Waals surface area contributed by atoms with Crippen LogP contribution in [0.15, 0.2) is 39.5 Å². The summed E-state index contributed by atoms with van der Waals surface area (Å²) >= 11 is 15.7. The molecule has 138 valence electrons. The van der Waals surface area contributed by atoms with Gasteiger partial charge in [-0.1, -0.05) is 28.4 Å². The molecule has 0 saturated heterocycles. The second-order valence-corrected chi connectivity index (χ2v) is 7.55. The van der Waals surface area contributed by atoms with Gasteiger partial charge in [0.15, 0.2) is 5.69 Å². The van der Waals surface area contributed by atoms with E-state index in [1.165, 1.54) is 0 Å². The van der Waals surface area contributed by atoms with Crippen LogP contribution in [0.25, 0.3) is 23.0 Å². The first-order chi connectivity index (χ1) is 12.9. The Morgan fingerprint density at radius 3 is 2.67 bits per heavy atom. The average molecular weight is 468 g/mol. The van der Waals surface area contributed by atoms with E-state index in [0.717, 1.165) is 15.9 Å². The van der Waals surface area contributed by atoms with Crippen molar-refractivity contribution in [2.24, 2.45) is 0 Å². The number of nitrogens with zero attached hydrogens (tertiary/aromatic N) is 6. The van der Waals surface area contributed by atoms with Crippen LogP contribution in [0.4, 0.5) is 0 Å². The number of halogens is 3. The fraction of sp³-hybridized carbons (Fsp3) is 0.176. The first-order valence-electron chi connectivity index (χ1n) is 7.95. The van der Waals surface area contributed by atoms with Crippen molar-refractivity contribution in [2.45, 2.75) is 20.5 Å². The van der Waals surface area contributed by atoms with Gasteiger partial charge in [-0.15, -0.1) is 0 Å². The van der Waals surface area contributed by atoms with Gasteiger partial charge in [0, 0.05) is 16.8 Å². The van der Waals surface area contributed by atoms with Gasteiger partial charge in [0.2, 0.25) is 5.82 Å². The van der Waals surface area contributed by atoms with Crippen LogP contribution in [0.2, 0.25) is 10.0 Å². The second-order valence-electron chi connectivity index (χ2n) is 5.91. The largest absolute Gasteiger partial charge is 0.332 e. The highest BCUT2D eigenvalue weighted by Gasteiger charge is 2.16. The van der Waals surface area contributed by atoms with Crippen molar-refractivity contribution in [3.8, 4) is 23.0 Å². The van der Waals surface area contributed by atoms with Gasteiger partial charge in [0.05, 0.1) is 20.9 Å². The molecule has 3 aromatic heterocycles. The van der Waals surface area contributed by atoms with Crippen LogP contribution in [0, 0.1) is 13.8 Å². The van der Waals surface area contributed by atoms with Crippen LogP contribution in [0.5, 0.6) is 0 Å². The highest BCUT2D eigenvalue weighted by molar-refractivity contribution is 9.10. The van der Waals surface area contributed by atoms with Crippen LogP contribution in [-0.2, 0) is 6.67 Å². The molecule has 0 unspecified atom stereocenters. The molecule has 27 heavy (non-hydrogen) atoms. The molecule has 0 amide bonds. The molecule has 0 saturated carbocycles. The van der Waals surface area contributed by atoms with E-state index in [4.69, 9.17) is 27.7 Å². The molecule has 7 nitrogen and oxygen atoms in total. The minimum atomic E-state index is 0.310. The molecule has 0 aliphatic heterocycles. The fourth-order valence-electron chi connectivity index (χ4n) is 2.61. The first kappa shape index (κ1) is 18.2. The molecular weight excluding hydrogens is 455 g/mol. The molecule has 0 atom stereocenters. The minimum absolute atomic E-state index is 0.310. The quantitative estimate of drug-likeness (QED) is 0.422. The van der Waals surface area contributed by atoms with Crippen molar-refractivity contribution in [2.75, 3.05) is 0 Å². The van der Waals surface area contributed by atoms with E-state index in [1.54, 1.807) is 22.9 Å². The topological polar surface area (TPSA) is 74.6 Å². The molecule has 3 heterocycles. The lowest BCUT2D eigenvalue weighted by Crippen LogP contribution is -2.11. The standard InChI is InChI=1S/C17H13BrCl2N6O/c1-9-15(18)10(2)26(22-9)8-25-6-5-14(23-25)17-21-16(24-27-17)12-4-3-11(19)7-13(12)20/h3-7H,8H2,1-2H3. The summed E-state index contributed by atoms with van der Waals surface area (Å²) in [6.07, 6.45) is 1.83. The van der Waals surface area contributed by atoms with Crippen molar-refractivity contribution in [1.82, 2.24) is 29.7 Å². The third-order valence-corrected chi connectivity index (χ3v) is 5.73. The molecule has 1 aromatic carbocycles. The van der Waals surface area contributed by atoms with Gasteiger partial charge >= 0.3 is 0 Å². The Hall–Kier alpha value is -2.16. The Kier molecular flexibility index (Phi) is 4.79. The van der Waals surface area contributed by atoms with Crippen molar-refractivity contribution >= 4 is 39.1 Å². The van der Waals surface area contributed by atoms with Gasteiger partial charge in [-0.3, -0.25) is 4.68 Å². The molecule has 0 aliphatic carbocycles. The molecule has 0 bridgehead atoms. The lowest BCUT2D eigenvalue weighted by molar-refractivity contribution is 0.428. The van der Waals surface area contributed by atoms with E-state index in [1.807, 2.05) is 30.8 Å². The van der Waals surface area contributed by atoms with Crippen molar-refractivity contribution in [3.63, 3.8) is 0 Å². The van der Waals surface area contributed by atoms with E-state index in [2.05, 4.69) is 36.3 Å². The maximum absolute atomic E-state index is 6.20. The highest BCUT2D eigenvalue weighted by atomic mass is 79.9. The number of aryl methyl sites for hydroxylation is 1. The SMILES string of the molecule is Cc1nn(Cn2ccc(-c3nc(-c4ccc(Cl)cc4Cl)no3)n2)c(C)c1Br. The summed E-state index contributed by atoms with van der Waals surface area (Å²) in [5, 5.41) is 14.0. The first-order valence-corrected chi connectivity index (χ1v) is 9.49. The summed E-state index contributed by atoms with van der Waals surface area (Å²) in [7, 11) is 0. The lowest BCUT2D eigenvalue weighted by atomic mass is 10.2. The predicted molar refractivity (Wildman–Crippen MR) is 106 cm³/mol. The van der Waals surface area contributed by atoms with Crippen molar-refractivity contribution in [1.29, 1.82) is 0 Å². The Morgan fingerprint density at radius 1 is 1.15 bits per heavy atom. The highest BCUT2D eigenvalue weighted by Crippen LogP contribution is 2.29. The molecule has 0 aliphatic rings. The second kappa shape index (κ2) is 7.10. The Labute approximate surface area is 173 Å². The normalized spacial score (nSPS) is 11.3.